The van der Waals surface area contributed by atoms with Crippen molar-refractivity contribution in [1.82, 2.24) is 10.3 Å². The Balaban J connectivity index is 1.98. The number of nitrogens with one attached hydrogen (secondary N) is 1. The van der Waals surface area contributed by atoms with Crippen LogP contribution in [0.4, 0.5) is 0 Å². The molecule has 1 aliphatic carbocycles. The van der Waals surface area contributed by atoms with Crippen molar-refractivity contribution in [3.8, 4) is 0 Å². The van der Waals surface area contributed by atoms with Crippen LogP contribution in [0.15, 0.2) is 18.5 Å². The van der Waals surface area contributed by atoms with Crippen LogP contribution in [0.1, 0.15) is 37.7 Å². The lowest BCUT2D eigenvalue weighted by atomic mass is 9.83. The van der Waals surface area contributed by atoms with Gasteiger partial charge in [-0.3, -0.25) is 4.98 Å². The van der Waals surface area contributed by atoms with Crippen LogP contribution in [0.3, 0.4) is 0 Å². The lowest BCUT2D eigenvalue weighted by Gasteiger charge is -2.36. The minimum atomic E-state index is 0.104. The van der Waals surface area contributed by atoms with Crippen LogP contribution in [0, 0.1) is 0 Å². The van der Waals surface area contributed by atoms with Crippen LogP contribution in [-0.4, -0.2) is 16.4 Å². The van der Waals surface area contributed by atoms with Crippen molar-refractivity contribution in [3.05, 3.63) is 29.0 Å². The molecule has 1 saturated carbocycles. The monoisotopic (exact) mass is 272 g/mol. The summed E-state index contributed by atoms with van der Waals surface area (Å²) in [6.07, 6.45) is 9.66. The minimum absolute atomic E-state index is 0.104. The van der Waals surface area contributed by atoms with Crippen molar-refractivity contribution in [1.29, 1.82) is 0 Å². The molecule has 2 rings (SSSR count). The van der Waals surface area contributed by atoms with E-state index in [1.807, 2.05) is 6.07 Å². The fraction of sp³-hybridized carbons (Fsp3) is 0.615. The van der Waals surface area contributed by atoms with Crippen LogP contribution in [0.5, 0.6) is 0 Å². The van der Waals surface area contributed by atoms with Crippen molar-refractivity contribution in [2.75, 3.05) is 5.88 Å². The van der Waals surface area contributed by atoms with Crippen molar-refractivity contribution in [2.45, 2.75) is 44.2 Å². The first-order chi connectivity index (χ1) is 8.26. The van der Waals surface area contributed by atoms with Gasteiger partial charge in [-0.25, -0.2) is 0 Å². The molecule has 94 valence electrons. The smallest absolute Gasteiger partial charge is 0.0634 e. The van der Waals surface area contributed by atoms with Crippen LogP contribution in [0.25, 0.3) is 0 Å². The molecule has 0 atom stereocenters. The molecule has 0 spiro atoms. The maximum absolute atomic E-state index is 6.14. The second kappa shape index (κ2) is 6.03. The van der Waals surface area contributed by atoms with E-state index in [0.29, 0.717) is 5.88 Å². The van der Waals surface area contributed by atoms with Gasteiger partial charge in [0, 0.05) is 30.4 Å². The molecule has 2 nitrogen and oxygen atoms in total. The summed E-state index contributed by atoms with van der Waals surface area (Å²) in [4.78, 5) is 3.99. The second-order valence-electron chi connectivity index (χ2n) is 4.80. The Labute approximate surface area is 113 Å². The summed E-state index contributed by atoms with van der Waals surface area (Å²) in [5, 5.41) is 4.32. The largest absolute Gasteiger partial charge is 0.306 e. The third-order valence-corrected chi connectivity index (χ3v) is 4.43. The van der Waals surface area contributed by atoms with E-state index in [-0.39, 0.29) is 5.54 Å². The first-order valence-corrected chi connectivity index (χ1v) is 7.06. The van der Waals surface area contributed by atoms with Gasteiger partial charge in [-0.15, -0.1) is 11.6 Å². The van der Waals surface area contributed by atoms with Crippen molar-refractivity contribution >= 4 is 23.2 Å². The van der Waals surface area contributed by atoms with Gasteiger partial charge in [0.05, 0.1) is 5.02 Å². The Bertz CT molecular complexity index is 362. The summed E-state index contributed by atoms with van der Waals surface area (Å²) in [5.74, 6) is 0.676. The standard InChI is InChI=1S/C13H18Cl2N2/c14-10-13(5-2-1-3-6-13)17-8-11-4-7-16-9-12(11)15/h4,7,9,17H,1-3,5-6,8,10H2. The van der Waals surface area contributed by atoms with E-state index in [9.17, 15) is 0 Å². The molecule has 0 amide bonds. The van der Waals surface area contributed by atoms with Crippen molar-refractivity contribution in [2.24, 2.45) is 0 Å². The third-order valence-electron chi connectivity index (χ3n) is 3.58. The highest BCUT2D eigenvalue weighted by Crippen LogP contribution is 2.30. The van der Waals surface area contributed by atoms with Crippen LogP contribution in [-0.2, 0) is 6.54 Å². The number of nitrogens with zero attached hydrogens (tertiary/aromatic N) is 1. The summed E-state index contributed by atoms with van der Waals surface area (Å²) >= 11 is 12.2. The highest BCUT2D eigenvalue weighted by atomic mass is 35.5. The molecular formula is C13H18Cl2N2. The number of hydrogen-bond donors (Lipinski definition) is 1. The SMILES string of the molecule is ClCC1(NCc2ccncc2Cl)CCCCC1. The van der Waals surface area contributed by atoms with Crippen molar-refractivity contribution < 1.29 is 0 Å². The predicted octanol–water partition coefficient (Wildman–Crippen LogP) is 3.77. The Morgan fingerprint density at radius 1 is 1.29 bits per heavy atom. The Hall–Kier alpha value is -0.310. The topological polar surface area (TPSA) is 24.9 Å². The third kappa shape index (κ3) is 3.34. The fourth-order valence-corrected chi connectivity index (χ4v) is 2.96. The molecule has 0 saturated heterocycles. The van der Waals surface area contributed by atoms with Gasteiger partial charge in [0.25, 0.3) is 0 Å². The summed E-state index contributed by atoms with van der Waals surface area (Å²) < 4.78 is 0. The van der Waals surface area contributed by atoms with E-state index in [1.165, 1.54) is 32.1 Å². The average Bonchev–Trinajstić information content (AvgIpc) is 2.39. The zero-order valence-electron chi connectivity index (χ0n) is 9.88. The molecule has 1 N–H and O–H groups in total. The first-order valence-electron chi connectivity index (χ1n) is 6.15. The average molecular weight is 273 g/mol. The summed E-state index contributed by atoms with van der Waals surface area (Å²) in [5.41, 5.74) is 1.20. The molecule has 1 aliphatic rings. The number of aromatic nitrogens is 1. The summed E-state index contributed by atoms with van der Waals surface area (Å²) in [7, 11) is 0. The lowest BCUT2D eigenvalue weighted by molar-refractivity contribution is 0.256. The number of hydrogen-bond acceptors (Lipinski definition) is 2. The zero-order valence-corrected chi connectivity index (χ0v) is 11.4. The van der Waals surface area contributed by atoms with E-state index in [0.717, 1.165) is 17.1 Å². The lowest BCUT2D eigenvalue weighted by Crippen LogP contribution is -2.48. The Kier molecular flexibility index (Phi) is 4.66. The van der Waals surface area contributed by atoms with Gasteiger partial charge in [-0.2, -0.15) is 0 Å². The number of alkyl halides is 1. The normalized spacial score (nSPS) is 19.2. The quantitative estimate of drug-likeness (QED) is 0.845. The van der Waals surface area contributed by atoms with E-state index >= 15 is 0 Å². The summed E-state index contributed by atoms with van der Waals surface area (Å²) in [6.45, 7) is 0.772. The highest BCUT2D eigenvalue weighted by molar-refractivity contribution is 6.31. The molecule has 0 aromatic carbocycles. The van der Waals surface area contributed by atoms with Gasteiger partial charge in [-0.05, 0) is 24.5 Å². The number of pyridine rings is 1. The molecule has 17 heavy (non-hydrogen) atoms. The van der Waals surface area contributed by atoms with Crippen LogP contribution < -0.4 is 5.32 Å². The molecule has 1 aromatic heterocycles. The predicted molar refractivity (Wildman–Crippen MR) is 72.6 cm³/mol. The zero-order chi connectivity index (χ0) is 12.1. The van der Waals surface area contributed by atoms with Crippen LogP contribution >= 0.6 is 23.2 Å². The van der Waals surface area contributed by atoms with Crippen molar-refractivity contribution in [3.63, 3.8) is 0 Å². The van der Waals surface area contributed by atoms with Gasteiger partial charge in [-0.1, -0.05) is 30.9 Å². The second-order valence-corrected chi connectivity index (χ2v) is 5.47. The van der Waals surface area contributed by atoms with Gasteiger partial charge in [0.15, 0.2) is 0 Å². The molecule has 1 fully saturated rings. The fourth-order valence-electron chi connectivity index (χ4n) is 2.42. The van der Waals surface area contributed by atoms with Gasteiger partial charge in [0.2, 0.25) is 0 Å². The molecule has 0 aliphatic heterocycles. The Morgan fingerprint density at radius 3 is 2.71 bits per heavy atom. The maximum Gasteiger partial charge on any atom is 0.0634 e. The maximum atomic E-state index is 6.14. The minimum Gasteiger partial charge on any atom is -0.306 e. The van der Waals surface area contributed by atoms with E-state index in [1.54, 1.807) is 12.4 Å². The van der Waals surface area contributed by atoms with E-state index in [4.69, 9.17) is 23.2 Å². The summed E-state index contributed by atoms with van der Waals surface area (Å²) in [6, 6.07) is 1.96. The van der Waals surface area contributed by atoms with E-state index in [2.05, 4.69) is 10.3 Å². The molecule has 0 radical (unpaired) electrons. The molecule has 0 unspecified atom stereocenters. The van der Waals surface area contributed by atoms with Gasteiger partial charge in [0.1, 0.15) is 0 Å². The van der Waals surface area contributed by atoms with Gasteiger partial charge >= 0.3 is 0 Å². The molecule has 0 bridgehead atoms. The number of rotatable bonds is 4. The highest BCUT2D eigenvalue weighted by Gasteiger charge is 2.30. The van der Waals surface area contributed by atoms with Gasteiger partial charge < -0.3 is 5.32 Å². The molecule has 1 heterocycles. The van der Waals surface area contributed by atoms with Crippen LogP contribution in [0.2, 0.25) is 5.02 Å². The Morgan fingerprint density at radius 2 is 2.06 bits per heavy atom. The molecule has 4 heteroatoms. The first kappa shape index (κ1) is 13.1. The molecular weight excluding hydrogens is 255 g/mol. The molecule has 1 aromatic rings. The number of halogens is 2. The van der Waals surface area contributed by atoms with E-state index < -0.39 is 0 Å².